The Bertz CT molecular complexity index is 632. The number of pyridine rings is 1. The van der Waals surface area contributed by atoms with Crippen LogP contribution in [-0.4, -0.2) is 22.0 Å². The van der Waals surface area contributed by atoms with E-state index in [1.54, 1.807) is 18.5 Å². The number of halogens is 1. The number of carbonyl (C=O) groups is 1. The number of hydrogen-bond donors (Lipinski definition) is 3. The summed E-state index contributed by atoms with van der Waals surface area (Å²) in [6.07, 6.45) is 3.44. The summed E-state index contributed by atoms with van der Waals surface area (Å²) in [7, 11) is 0. The molecule has 0 spiro atoms. The molecule has 2 rings (SSSR count). The van der Waals surface area contributed by atoms with Crippen molar-refractivity contribution in [3.05, 3.63) is 54.1 Å². The van der Waals surface area contributed by atoms with Gasteiger partial charge in [0.2, 0.25) is 5.91 Å². The van der Waals surface area contributed by atoms with Crippen molar-refractivity contribution in [3.63, 3.8) is 0 Å². The van der Waals surface area contributed by atoms with Crippen LogP contribution in [0.4, 0.5) is 15.8 Å². The third-order valence-electron chi connectivity index (χ3n) is 3.10. The lowest BCUT2D eigenvalue weighted by Gasteiger charge is -2.17. The van der Waals surface area contributed by atoms with Gasteiger partial charge in [-0.3, -0.25) is 9.78 Å². The van der Waals surface area contributed by atoms with Crippen molar-refractivity contribution in [3.8, 4) is 0 Å². The van der Waals surface area contributed by atoms with Crippen LogP contribution in [0.5, 0.6) is 0 Å². The molecular formula is C16H18FN3O2. The molecule has 1 heterocycles. The van der Waals surface area contributed by atoms with E-state index in [0.29, 0.717) is 11.4 Å². The van der Waals surface area contributed by atoms with Crippen LogP contribution in [0.2, 0.25) is 0 Å². The molecule has 1 unspecified atom stereocenters. The lowest BCUT2D eigenvalue weighted by molar-refractivity contribution is -0.116. The molecule has 1 amide bonds. The van der Waals surface area contributed by atoms with E-state index in [1.807, 2.05) is 6.92 Å². The average molecular weight is 303 g/mol. The predicted molar refractivity (Wildman–Crippen MR) is 82.9 cm³/mol. The van der Waals surface area contributed by atoms with E-state index < -0.39 is 0 Å². The van der Waals surface area contributed by atoms with E-state index >= 15 is 0 Å². The summed E-state index contributed by atoms with van der Waals surface area (Å²) >= 11 is 0. The van der Waals surface area contributed by atoms with Gasteiger partial charge in [0.15, 0.2) is 0 Å². The molecule has 0 aliphatic rings. The number of carbonyl (C=O) groups excluding carboxylic acids is 1. The molecule has 0 aliphatic carbocycles. The van der Waals surface area contributed by atoms with E-state index in [2.05, 4.69) is 15.6 Å². The second-order valence-corrected chi connectivity index (χ2v) is 5.00. The third-order valence-corrected chi connectivity index (χ3v) is 3.10. The molecular weight excluding hydrogens is 285 g/mol. The van der Waals surface area contributed by atoms with Crippen LogP contribution in [0.3, 0.4) is 0 Å². The molecule has 22 heavy (non-hydrogen) atoms. The Morgan fingerprint density at radius 1 is 1.32 bits per heavy atom. The minimum absolute atomic E-state index is 0.0979. The Labute approximate surface area is 128 Å². The quantitative estimate of drug-likeness (QED) is 0.766. The topological polar surface area (TPSA) is 74.2 Å². The molecule has 5 nitrogen and oxygen atoms in total. The Balaban J connectivity index is 1.89. The zero-order valence-electron chi connectivity index (χ0n) is 12.2. The minimum atomic E-state index is -0.346. The number of aliphatic hydroxyl groups is 1. The largest absolute Gasteiger partial charge is 0.392 e. The van der Waals surface area contributed by atoms with Gasteiger partial charge in [0, 0.05) is 29.9 Å². The van der Waals surface area contributed by atoms with Gasteiger partial charge in [-0.25, -0.2) is 4.39 Å². The Morgan fingerprint density at radius 2 is 2.05 bits per heavy atom. The van der Waals surface area contributed by atoms with Gasteiger partial charge in [-0.2, -0.15) is 0 Å². The molecule has 0 bridgehead atoms. The van der Waals surface area contributed by atoms with E-state index in [0.717, 1.165) is 5.56 Å². The van der Waals surface area contributed by atoms with Gasteiger partial charge in [0.05, 0.1) is 18.5 Å². The van der Waals surface area contributed by atoms with Crippen LogP contribution < -0.4 is 10.6 Å². The third kappa shape index (κ3) is 4.53. The number of benzene rings is 1. The van der Waals surface area contributed by atoms with Gasteiger partial charge in [-0.1, -0.05) is 0 Å². The summed E-state index contributed by atoms with van der Waals surface area (Å²) in [4.78, 5) is 15.9. The predicted octanol–water partition coefficient (Wildman–Crippen LogP) is 2.54. The van der Waals surface area contributed by atoms with Crippen molar-refractivity contribution in [2.45, 2.75) is 26.0 Å². The second-order valence-electron chi connectivity index (χ2n) is 5.00. The first-order chi connectivity index (χ1) is 10.6. The van der Waals surface area contributed by atoms with Gasteiger partial charge >= 0.3 is 0 Å². The van der Waals surface area contributed by atoms with E-state index in [-0.39, 0.29) is 30.8 Å². The maximum Gasteiger partial charge on any atom is 0.226 e. The van der Waals surface area contributed by atoms with Crippen molar-refractivity contribution >= 4 is 17.3 Å². The highest BCUT2D eigenvalue weighted by Gasteiger charge is 2.11. The highest BCUT2D eigenvalue weighted by molar-refractivity contribution is 5.91. The molecule has 6 heteroatoms. The van der Waals surface area contributed by atoms with Crippen molar-refractivity contribution < 1.29 is 14.3 Å². The Morgan fingerprint density at radius 3 is 2.73 bits per heavy atom. The van der Waals surface area contributed by atoms with Gasteiger partial charge in [-0.05, 0) is 37.3 Å². The van der Waals surface area contributed by atoms with Crippen LogP contribution in [-0.2, 0) is 11.4 Å². The first-order valence-electron chi connectivity index (χ1n) is 6.94. The number of aliphatic hydroxyl groups excluding tert-OH is 1. The number of rotatable bonds is 6. The maximum absolute atomic E-state index is 12.8. The smallest absolute Gasteiger partial charge is 0.226 e. The second kappa shape index (κ2) is 7.51. The summed E-state index contributed by atoms with van der Waals surface area (Å²) in [6, 6.07) is 7.18. The van der Waals surface area contributed by atoms with Crippen LogP contribution in [0.25, 0.3) is 0 Å². The zero-order valence-corrected chi connectivity index (χ0v) is 12.2. The Kier molecular flexibility index (Phi) is 5.43. The molecule has 0 saturated heterocycles. The number of nitrogens with zero attached hydrogens (tertiary/aromatic N) is 1. The van der Waals surface area contributed by atoms with Crippen LogP contribution in [0.15, 0.2) is 42.7 Å². The highest BCUT2D eigenvalue weighted by atomic mass is 19.1. The standard InChI is InChI=1S/C16H18FN3O2/c1-11(19-15-9-18-7-6-12(15)10-21)8-16(22)20-14-4-2-13(17)3-5-14/h2-7,9,11,19,21H,8,10H2,1H3,(H,20,22). The normalized spacial score (nSPS) is 11.8. The highest BCUT2D eigenvalue weighted by Crippen LogP contribution is 2.16. The molecule has 1 aromatic heterocycles. The number of hydrogen-bond acceptors (Lipinski definition) is 4. The molecule has 0 saturated carbocycles. The molecule has 0 aliphatic heterocycles. The van der Waals surface area contributed by atoms with E-state index in [9.17, 15) is 14.3 Å². The number of amides is 1. The van der Waals surface area contributed by atoms with Crippen LogP contribution >= 0.6 is 0 Å². The van der Waals surface area contributed by atoms with Crippen LogP contribution in [0.1, 0.15) is 18.9 Å². The number of aromatic nitrogens is 1. The van der Waals surface area contributed by atoms with Gasteiger partial charge in [0.25, 0.3) is 0 Å². The monoisotopic (exact) mass is 303 g/mol. The summed E-state index contributed by atoms with van der Waals surface area (Å²) < 4.78 is 12.8. The van der Waals surface area contributed by atoms with Crippen molar-refractivity contribution in [2.75, 3.05) is 10.6 Å². The lowest BCUT2D eigenvalue weighted by atomic mass is 10.1. The molecule has 1 atom stereocenters. The summed E-state index contributed by atoms with van der Waals surface area (Å²) in [5, 5.41) is 15.1. The van der Waals surface area contributed by atoms with E-state index in [4.69, 9.17) is 0 Å². The van der Waals surface area contributed by atoms with Crippen molar-refractivity contribution in [1.82, 2.24) is 4.98 Å². The molecule has 116 valence electrons. The molecule has 2 aromatic rings. The maximum atomic E-state index is 12.8. The van der Waals surface area contributed by atoms with Gasteiger partial charge in [0.1, 0.15) is 5.82 Å². The SMILES string of the molecule is CC(CC(=O)Nc1ccc(F)cc1)Nc1cnccc1CO. The fourth-order valence-corrected chi connectivity index (χ4v) is 2.03. The van der Waals surface area contributed by atoms with Gasteiger partial charge in [-0.15, -0.1) is 0 Å². The molecule has 1 aromatic carbocycles. The van der Waals surface area contributed by atoms with Crippen LogP contribution in [0, 0.1) is 5.82 Å². The Hall–Kier alpha value is -2.47. The zero-order chi connectivity index (χ0) is 15.9. The molecule has 0 fully saturated rings. The minimum Gasteiger partial charge on any atom is -0.392 e. The average Bonchev–Trinajstić information content (AvgIpc) is 2.50. The lowest BCUT2D eigenvalue weighted by Crippen LogP contribution is -2.24. The first-order valence-corrected chi connectivity index (χ1v) is 6.94. The van der Waals surface area contributed by atoms with Crippen molar-refractivity contribution in [2.24, 2.45) is 0 Å². The van der Waals surface area contributed by atoms with E-state index in [1.165, 1.54) is 24.3 Å². The van der Waals surface area contributed by atoms with Gasteiger partial charge < -0.3 is 15.7 Å². The van der Waals surface area contributed by atoms with Crippen molar-refractivity contribution in [1.29, 1.82) is 0 Å². The fraction of sp³-hybridized carbons (Fsp3) is 0.250. The fourth-order valence-electron chi connectivity index (χ4n) is 2.03. The summed E-state index contributed by atoms with van der Waals surface area (Å²) in [5.41, 5.74) is 1.98. The molecule has 3 N–H and O–H groups in total. The number of nitrogens with one attached hydrogen (secondary N) is 2. The first kappa shape index (κ1) is 15.9. The summed E-state index contributed by atoms with van der Waals surface area (Å²) in [6.45, 7) is 1.76. The summed E-state index contributed by atoms with van der Waals surface area (Å²) in [5.74, 6) is -0.526. The molecule has 0 radical (unpaired) electrons. The number of anilines is 2.